The minimum Gasteiger partial charge on any atom is -0.326 e. The van der Waals surface area contributed by atoms with Crippen molar-refractivity contribution in [1.29, 1.82) is 0 Å². The minimum atomic E-state index is -3.56. The molecule has 3 rings (SSSR count). The third-order valence-corrected chi connectivity index (χ3v) is 7.67. The van der Waals surface area contributed by atoms with Gasteiger partial charge in [0.05, 0.1) is 10.8 Å². The van der Waals surface area contributed by atoms with Gasteiger partial charge in [0.15, 0.2) is 0 Å². The molecule has 10 heteroatoms. The Labute approximate surface area is 186 Å². The van der Waals surface area contributed by atoms with Gasteiger partial charge in [0, 0.05) is 37.4 Å². The quantitative estimate of drug-likeness (QED) is 0.709. The van der Waals surface area contributed by atoms with Crippen molar-refractivity contribution in [3.8, 4) is 0 Å². The van der Waals surface area contributed by atoms with Crippen molar-refractivity contribution >= 4 is 46.4 Å². The second-order valence-electron chi connectivity index (χ2n) is 8.03. The summed E-state index contributed by atoms with van der Waals surface area (Å²) in [5, 5.41) is 2.88. The van der Waals surface area contributed by atoms with Crippen LogP contribution in [0, 0.1) is 5.92 Å². The molecule has 1 saturated heterocycles. The standard InChI is InChI=1S/C19H30N4O3S.2ClH/c1-19(20)9-4-3-8-17(19)18(24)21-15-6-5-7-16(14-15)27(25,26)23-12-10-22(2)11-13-23;;/h5-7,14,17H,3-4,8-13,20H2,1-2H3,(H,21,24);2*1H. The van der Waals surface area contributed by atoms with Crippen LogP contribution in [0.2, 0.25) is 0 Å². The predicted molar refractivity (Wildman–Crippen MR) is 120 cm³/mol. The Morgan fingerprint density at radius 3 is 2.45 bits per heavy atom. The zero-order valence-corrected chi connectivity index (χ0v) is 19.4. The summed E-state index contributed by atoms with van der Waals surface area (Å²) in [7, 11) is -1.58. The van der Waals surface area contributed by atoms with Crippen LogP contribution in [-0.2, 0) is 14.8 Å². The summed E-state index contributed by atoms with van der Waals surface area (Å²) in [5.41, 5.74) is 6.29. The Balaban J connectivity index is 0.00000210. The molecule has 1 aromatic rings. The fraction of sp³-hybridized carbons (Fsp3) is 0.632. The van der Waals surface area contributed by atoms with Gasteiger partial charge in [-0.3, -0.25) is 4.79 Å². The van der Waals surface area contributed by atoms with Gasteiger partial charge in [0.1, 0.15) is 0 Å². The summed E-state index contributed by atoms with van der Waals surface area (Å²) in [4.78, 5) is 15.0. The van der Waals surface area contributed by atoms with Crippen LogP contribution >= 0.6 is 24.8 Å². The molecular weight excluding hydrogens is 435 g/mol. The lowest BCUT2D eigenvalue weighted by atomic mass is 9.74. The van der Waals surface area contributed by atoms with Gasteiger partial charge in [0.25, 0.3) is 0 Å². The highest BCUT2D eigenvalue weighted by atomic mass is 35.5. The Morgan fingerprint density at radius 2 is 1.83 bits per heavy atom. The first kappa shape index (κ1) is 26.1. The molecule has 0 spiro atoms. The normalized spacial score (nSPS) is 26.1. The molecule has 2 fully saturated rings. The van der Waals surface area contributed by atoms with Crippen molar-refractivity contribution in [1.82, 2.24) is 9.21 Å². The van der Waals surface area contributed by atoms with Crippen LogP contribution in [-0.4, -0.2) is 62.3 Å². The lowest BCUT2D eigenvalue weighted by Crippen LogP contribution is -2.51. The van der Waals surface area contributed by atoms with Crippen LogP contribution in [0.15, 0.2) is 29.2 Å². The Kier molecular flexibility index (Phi) is 9.39. The van der Waals surface area contributed by atoms with E-state index >= 15 is 0 Å². The number of hydrogen-bond donors (Lipinski definition) is 2. The number of rotatable bonds is 4. The molecule has 166 valence electrons. The summed E-state index contributed by atoms with van der Waals surface area (Å²) in [5.74, 6) is -0.391. The highest BCUT2D eigenvalue weighted by Gasteiger charge is 2.38. The van der Waals surface area contributed by atoms with Gasteiger partial charge < -0.3 is 16.0 Å². The molecule has 1 heterocycles. The molecule has 3 N–H and O–H groups in total. The second kappa shape index (κ2) is 10.4. The fourth-order valence-corrected chi connectivity index (χ4v) is 5.40. The molecule has 0 aromatic heterocycles. The molecule has 0 bridgehead atoms. The monoisotopic (exact) mass is 466 g/mol. The maximum atomic E-state index is 12.9. The highest BCUT2D eigenvalue weighted by Crippen LogP contribution is 2.32. The van der Waals surface area contributed by atoms with Crippen molar-refractivity contribution in [3.63, 3.8) is 0 Å². The predicted octanol–water partition coefficient (Wildman–Crippen LogP) is 2.31. The third-order valence-electron chi connectivity index (χ3n) is 5.77. The van der Waals surface area contributed by atoms with Crippen LogP contribution < -0.4 is 11.1 Å². The zero-order chi connectivity index (χ0) is 19.7. The average molecular weight is 467 g/mol. The topological polar surface area (TPSA) is 95.7 Å². The molecule has 1 aliphatic carbocycles. The number of hydrogen-bond acceptors (Lipinski definition) is 5. The minimum absolute atomic E-state index is 0. The molecule has 2 atom stereocenters. The van der Waals surface area contributed by atoms with E-state index in [0.717, 1.165) is 25.7 Å². The summed E-state index contributed by atoms with van der Waals surface area (Å²) < 4.78 is 27.3. The third kappa shape index (κ3) is 6.06. The number of nitrogens with zero attached hydrogens (tertiary/aromatic N) is 2. The lowest BCUT2D eigenvalue weighted by Gasteiger charge is -2.37. The van der Waals surface area contributed by atoms with Gasteiger partial charge in [-0.25, -0.2) is 8.42 Å². The zero-order valence-electron chi connectivity index (χ0n) is 17.0. The van der Waals surface area contributed by atoms with E-state index in [9.17, 15) is 13.2 Å². The van der Waals surface area contributed by atoms with E-state index in [2.05, 4.69) is 10.2 Å². The van der Waals surface area contributed by atoms with Crippen molar-refractivity contribution in [3.05, 3.63) is 24.3 Å². The largest absolute Gasteiger partial charge is 0.326 e. The van der Waals surface area contributed by atoms with Crippen molar-refractivity contribution in [2.75, 3.05) is 38.5 Å². The smallest absolute Gasteiger partial charge is 0.243 e. The first-order valence-corrected chi connectivity index (χ1v) is 11.0. The summed E-state index contributed by atoms with van der Waals surface area (Å²) in [6.45, 7) is 4.30. The Bertz CT molecular complexity index is 796. The van der Waals surface area contributed by atoms with Gasteiger partial charge >= 0.3 is 0 Å². The van der Waals surface area contributed by atoms with Gasteiger partial charge in [0.2, 0.25) is 15.9 Å². The van der Waals surface area contributed by atoms with E-state index in [-0.39, 0.29) is 41.5 Å². The number of anilines is 1. The van der Waals surface area contributed by atoms with Crippen LogP contribution in [0.5, 0.6) is 0 Å². The Morgan fingerprint density at radius 1 is 1.17 bits per heavy atom. The van der Waals surface area contributed by atoms with Crippen molar-refractivity contribution in [2.24, 2.45) is 11.7 Å². The number of likely N-dealkylation sites (N-methyl/N-ethyl adjacent to an activating group) is 1. The number of sulfonamides is 1. The summed E-state index contributed by atoms with van der Waals surface area (Å²) in [6, 6.07) is 6.51. The van der Waals surface area contributed by atoms with Gasteiger partial charge in [-0.05, 0) is 45.0 Å². The van der Waals surface area contributed by atoms with E-state index in [1.54, 1.807) is 24.3 Å². The molecular formula is C19H32Cl2N4O3S. The summed E-state index contributed by atoms with van der Waals surface area (Å²) >= 11 is 0. The summed E-state index contributed by atoms with van der Waals surface area (Å²) in [6.07, 6.45) is 3.61. The number of carbonyl (C=O) groups is 1. The van der Waals surface area contributed by atoms with Gasteiger partial charge in [-0.2, -0.15) is 4.31 Å². The van der Waals surface area contributed by atoms with Gasteiger partial charge in [-0.1, -0.05) is 18.9 Å². The highest BCUT2D eigenvalue weighted by molar-refractivity contribution is 7.89. The first-order valence-electron chi connectivity index (χ1n) is 9.59. The molecule has 2 aliphatic rings. The van der Waals surface area contributed by atoms with E-state index < -0.39 is 15.6 Å². The molecule has 1 saturated carbocycles. The SMILES string of the molecule is CN1CCN(S(=O)(=O)c2cccc(NC(=O)C3CCCCC3(C)N)c2)CC1.Cl.Cl. The fourth-order valence-electron chi connectivity index (χ4n) is 3.93. The van der Waals surface area contributed by atoms with E-state index in [1.807, 2.05) is 14.0 Å². The number of amides is 1. The molecule has 7 nitrogen and oxygen atoms in total. The number of nitrogens with one attached hydrogen (secondary N) is 1. The maximum absolute atomic E-state index is 12.9. The number of nitrogens with two attached hydrogens (primary N) is 1. The number of halogens is 2. The van der Waals surface area contributed by atoms with Crippen LogP contribution in [0.25, 0.3) is 0 Å². The van der Waals surface area contributed by atoms with Crippen LogP contribution in [0.1, 0.15) is 32.6 Å². The molecule has 2 unspecified atom stereocenters. The van der Waals surface area contributed by atoms with Crippen molar-refractivity contribution < 1.29 is 13.2 Å². The lowest BCUT2D eigenvalue weighted by molar-refractivity contribution is -0.122. The van der Waals surface area contributed by atoms with E-state index in [4.69, 9.17) is 5.73 Å². The van der Waals surface area contributed by atoms with Crippen molar-refractivity contribution in [2.45, 2.75) is 43.0 Å². The maximum Gasteiger partial charge on any atom is 0.243 e. The molecule has 1 aromatic carbocycles. The molecule has 29 heavy (non-hydrogen) atoms. The van der Waals surface area contributed by atoms with Crippen LogP contribution in [0.3, 0.4) is 0 Å². The van der Waals surface area contributed by atoms with Crippen LogP contribution in [0.4, 0.5) is 5.69 Å². The average Bonchev–Trinajstić information content (AvgIpc) is 2.62. The number of benzene rings is 1. The molecule has 1 amide bonds. The van der Waals surface area contributed by atoms with E-state index in [1.165, 1.54) is 4.31 Å². The number of piperazine rings is 1. The van der Waals surface area contributed by atoms with Gasteiger partial charge in [-0.15, -0.1) is 24.8 Å². The number of carbonyl (C=O) groups excluding carboxylic acids is 1. The Hall–Kier alpha value is -0.900. The van der Waals surface area contributed by atoms with E-state index in [0.29, 0.717) is 31.9 Å². The molecule has 0 radical (unpaired) electrons. The first-order chi connectivity index (χ1) is 12.7. The molecule has 1 aliphatic heterocycles. The second-order valence-corrected chi connectivity index (χ2v) is 9.97.